The van der Waals surface area contributed by atoms with Crippen molar-refractivity contribution in [2.24, 2.45) is 0 Å². The Morgan fingerprint density at radius 2 is 1.59 bits per heavy atom. The number of carbonyl (C=O) groups is 2. The standard InChI is InChI=1S/C30H36ClN3O4S/c1-4-5-19-32-30(36)28(20-24-11-7-6-8-12-24)34(21-25-13-9-10-14-27(25)31)29(35)22-33(3)39(37,38)26-17-15-23(2)16-18-26/h6-18,28H,4-5,19-22H2,1-3H3,(H,32,36)/t28-/m0/s1. The molecule has 0 saturated carbocycles. The van der Waals surface area contributed by atoms with Crippen molar-refractivity contribution in [3.8, 4) is 0 Å². The molecule has 0 heterocycles. The molecule has 7 nitrogen and oxygen atoms in total. The van der Waals surface area contributed by atoms with Crippen molar-refractivity contribution < 1.29 is 18.0 Å². The fourth-order valence-electron chi connectivity index (χ4n) is 4.13. The van der Waals surface area contributed by atoms with Gasteiger partial charge in [0.05, 0.1) is 11.4 Å². The topological polar surface area (TPSA) is 86.8 Å². The lowest BCUT2D eigenvalue weighted by Gasteiger charge is -2.33. The molecule has 3 aromatic carbocycles. The van der Waals surface area contributed by atoms with Crippen molar-refractivity contribution in [2.75, 3.05) is 20.1 Å². The van der Waals surface area contributed by atoms with Gasteiger partial charge in [-0.15, -0.1) is 0 Å². The number of carbonyl (C=O) groups excluding carboxylic acids is 2. The number of hydrogen-bond donors (Lipinski definition) is 1. The van der Waals surface area contributed by atoms with Crippen LogP contribution in [0.5, 0.6) is 0 Å². The van der Waals surface area contributed by atoms with E-state index in [0.29, 0.717) is 17.1 Å². The van der Waals surface area contributed by atoms with E-state index >= 15 is 0 Å². The number of nitrogens with one attached hydrogen (secondary N) is 1. The molecular formula is C30H36ClN3O4S. The molecule has 1 N–H and O–H groups in total. The SMILES string of the molecule is CCCCNC(=O)[C@H](Cc1ccccc1)N(Cc1ccccc1Cl)C(=O)CN(C)S(=O)(=O)c1ccc(C)cc1. The summed E-state index contributed by atoms with van der Waals surface area (Å²) in [5.74, 6) is -0.795. The predicted octanol–water partition coefficient (Wildman–Crippen LogP) is 4.83. The first kappa shape index (κ1) is 30.3. The molecule has 39 heavy (non-hydrogen) atoms. The molecule has 0 aliphatic heterocycles. The highest BCUT2D eigenvalue weighted by Crippen LogP contribution is 2.22. The predicted molar refractivity (Wildman–Crippen MR) is 155 cm³/mol. The van der Waals surface area contributed by atoms with Crippen molar-refractivity contribution in [2.45, 2.75) is 50.6 Å². The zero-order valence-corrected chi connectivity index (χ0v) is 24.2. The fraction of sp³-hybridized carbons (Fsp3) is 0.333. The van der Waals surface area contributed by atoms with Crippen molar-refractivity contribution >= 4 is 33.4 Å². The summed E-state index contributed by atoms with van der Waals surface area (Å²) in [6.45, 7) is 4.00. The van der Waals surface area contributed by atoms with E-state index in [1.165, 1.54) is 24.1 Å². The molecule has 2 amide bonds. The van der Waals surface area contributed by atoms with Crippen molar-refractivity contribution in [3.05, 3.63) is 101 Å². The third-order valence-corrected chi connectivity index (χ3v) is 8.67. The number of likely N-dealkylation sites (N-methyl/N-ethyl adjacent to an activating group) is 1. The average Bonchev–Trinajstić information content (AvgIpc) is 2.92. The zero-order chi connectivity index (χ0) is 28.4. The molecule has 0 saturated heterocycles. The Bertz CT molecular complexity index is 1350. The minimum atomic E-state index is -3.93. The fourth-order valence-corrected chi connectivity index (χ4v) is 5.44. The highest BCUT2D eigenvalue weighted by Gasteiger charge is 2.33. The highest BCUT2D eigenvalue weighted by molar-refractivity contribution is 7.89. The van der Waals surface area contributed by atoms with Crippen molar-refractivity contribution in [3.63, 3.8) is 0 Å². The van der Waals surface area contributed by atoms with Crippen LogP contribution < -0.4 is 5.32 Å². The van der Waals surface area contributed by atoms with Crippen LogP contribution in [0.2, 0.25) is 5.02 Å². The maximum Gasteiger partial charge on any atom is 0.243 e. The first-order chi connectivity index (χ1) is 18.6. The molecule has 3 rings (SSSR count). The number of rotatable bonds is 13. The molecule has 9 heteroatoms. The average molecular weight is 570 g/mol. The molecule has 0 bridgehead atoms. The summed E-state index contributed by atoms with van der Waals surface area (Å²) in [7, 11) is -2.56. The van der Waals surface area contributed by atoms with E-state index < -0.39 is 28.5 Å². The van der Waals surface area contributed by atoms with Gasteiger partial charge in [0.15, 0.2) is 0 Å². The summed E-state index contributed by atoms with van der Waals surface area (Å²) < 4.78 is 27.5. The molecular weight excluding hydrogens is 534 g/mol. The van der Waals surface area contributed by atoms with Gasteiger partial charge < -0.3 is 10.2 Å². The van der Waals surface area contributed by atoms with Crippen molar-refractivity contribution in [1.29, 1.82) is 0 Å². The second-order valence-electron chi connectivity index (χ2n) is 9.54. The molecule has 3 aromatic rings. The Balaban J connectivity index is 1.96. The maximum absolute atomic E-state index is 13.9. The van der Waals surface area contributed by atoms with Gasteiger partial charge in [0.1, 0.15) is 6.04 Å². The smallest absolute Gasteiger partial charge is 0.243 e. The summed E-state index contributed by atoms with van der Waals surface area (Å²) in [5, 5.41) is 3.42. The molecule has 0 fully saturated rings. The van der Waals surface area contributed by atoms with E-state index in [1.807, 2.05) is 50.2 Å². The summed E-state index contributed by atoms with van der Waals surface area (Å²) in [4.78, 5) is 28.9. The second-order valence-corrected chi connectivity index (χ2v) is 12.0. The van der Waals surface area contributed by atoms with E-state index in [4.69, 9.17) is 11.6 Å². The Labute approximate surface area is 236 Å². The number of benzene rings is 3. The summed E-state index contributed by atoms with van der Waals surface area (Å²) in [6, 6.07) is 22.2. The van der Waals surface area contributed by atoms with Crippen LogP contribution in [0, 0.1) is 6.92 Å². The summed E-state index contributed by atoms with van der Waals surface area (Å²) >= 11 is 6.45. The lowest BCUT2D eigenvalue weighted by atomic mass is 10.0. The molecule has 0 aliphatic rings. The molecule has 0 aromatic heterocycles. The number of amides is 2. The maximum atomic E-state index is 13.9. The zero-order valence-electron chi connectivity index (χ0n) is 22.6. The Hall–Kier alpha value is -3.20. The van der Waals surface area contributed by atoms with Crippen LogP contribution >= 0.6 is 11.6 Å². The number of aryl methyl sites for hydroxylation is 1. The minimum absolute atomic E-state index is 0.0512. The number of sulfonamides is 1. The number of halogens is 1. The van der Waals surface area contributed by atoms with E-state index in [9.17, 15) is 18.0 Å². The first-order valence-corrected chi connectivity index (χ1v) is 14.8. The van der Waals surface area contributed by atoms with Crippen LogP contribution in [0.15, 0.2) is 83.8 Å². The van der Waals surface area contributed by atoms with Gasteiger partial charge in [0.2, 0.25) is 21.8 Å². The second kappa shape index (κ2) is 14.3. The Kier molecular flexibility index (Phi) is 11.1. The van der Waals surface area contributed by atoms with Gasteiger partial charge in [-0.25, -0.2) is 8.42 Å². The molecule has 0 spiro atoms. The van der Waals surface area contributed by atoms with Crippen LogP contribution in [0.25, 0.3) is 0 Å². The van der Waals surface area contributed by atoms with Crippen molar-refractivity contribution in [1.82, 2.24) is 14.5 Å². The largest absolute Gasteiger partial charge is 0.354 e. The third kappa shape index (κ3) is 8.39. The van der Waals surface area contributed by atoms with Crippen LogP contribution in [0.1, 0.15) is 36.5 Å². The number of unbranched alkanes of at least 4 members (excludes halogenated alkanes) is 1. The Morgan fingerprint density at radius 1 is 0.949 bits per heavy atom. The van der Waals surface area contributed by atoms with Gasteiger partial charge in [0.25, 0.3) is 0 Å². The monoisotopic (exact) mass is 569 g/mol. The van der Waals surface area contributed by atoms with Gasteiger partial charge in [-0.2, -0.15) is 4.31 Å². The highest BCUT2D eigenvalue weighted by atomic mass is 35.5. The third-order valence-electron chi connectivity index (χ3n) is 6.49. The van der Waals surface area contributed by atoms with Crippen LogP contribution in [-0.4, -0.2) is 55.6 Å². The molecule has 0 aliphatic carbocycles. The van der Waals surface area contributed by atoms with Gasteiger partial charge in [-0.3, -0.25) is 9.59 Å². The molecule has 1 atom stereocenters. The van der Waals surface area contributed by atoms with Crippen LogP contribution in [-0.2, 0) is 32.6 Å². The summed E-state index contributed by atoms with van der Waals surface area (Å²) in [6.07, 6.45) is 1.98. The van der Waals surface area contributed by atoms with Gasteiger partial charge in [0, 0.05) is 31.6 Å². The number of nitrogens with zero attached hydrogens (tertiary/aromatic N) is 2. The van der Waals surface area contributed by atoms with Gasteiger partial charge in [-0.1, -0.05) is 91.2 Å². The van der Waals surface area contributed by atoms with Gasteiger partial charge in [-0.05, 0) is 42.7 Å². The normalized spacial score (nSPS) is 12.2. The first-order valence-electron chi connectivity index (χ1n) is 13.0. The summed E-state index contributed by atoms with van der Waals surface area (Å²) in [5.41, 5.74) is 2.47. The van der Waals surface area contributed by atoms with Gasteiger partial charge >= 0.3 is 0 Å². The lowest BCUT2D eigenvalue weighted by molar-refractivity contribution is -0.141. The molecule has 0 radical (unpaired) electrons. The minimum Gasteiger partial charge on any atom is -0.354 e. The quantitative estimate of drug-likeness (QED) is 0.299. The lowest BCUT2D eigenvalue weighted by Crippen LogP contribution is -2.53. The van der Waals surface area contributed by atoms with Crippen LogP contribution in [0.3, 0.4) is 0 Å². The molecule has 208 valence electrons. The van der Waals surface area contributed by atoms with E-state index in [0.717, 1.165) is 28.3 Å². The Morgan fingerprint density at radius 3 is 2.23 bits per heavy atom. The van der Waals surface area contributed by atoms with Crippen LogP contribution in [0.4, 0.5) is 0 Å². The van der Waals surface area contributed by atoms with E-state index in [2.05, 4.69) is 5.32 Å². The van der Waals surface area contributed by atoms with E-state index in [1.54, 1.807) is 30.3 Å². The number of hydrogen-bond acceptors (Lipinski definition) is 4. The molecule has 0 unspecified atom stereocenters. The van der Waals surface area contributed by atoms with E-state index in [-0.39, 0.29) is 23.8 Å².